The molecule has 292 valence electrons. The number of imidazole rings is 1. The molecule has 13 nitrogen and oxygen atoms in total. The first kappa shape index (κ1) is 39.1. The summed E-state index contributed by atoms with van der Waals surface area (Å²) >= 11 is 0. The Kier molecular flexibility index (Phi) is 11.6. The maximum absolute atomic E-state index is 13.6. The van der Waals surface area contributed by atoms with E-state index >= 15 is 0 Å². The van der Waals surface area contributed by atoms with Gasteiger partial charge in [-0.05, 0) is 68.0 Å². The molecule has 55 heavy (non-hydrogen) atoms. The van der Waals surface area contributed by atoms with Crippen LogP contribution in [-0.2, 0) is 9.53 Å². The Hall–Kier alpha value is -5.64. The minimum atomic E-state index is -4.98. The van der Waals surface area contributed by atoms with E-state index in [1.54, 1.807) is 47.5 Å². The smallest absolute Gasteiger partial charge is 0.453 e. The third kappa shape index (κ3) is 9.19. The molecule has 2 saturated heterocycles. The van der Waals surface area contributed by atoms with E-state index in [0.29, 0.717) is 35.6 Å². The number of methoxy groups -OCH3 is 1. The lowest BCUT2D eigenvalue weighted by Gasteiger charge is -2.38. The Bertz CT molecular complexity index is 1990. The predicted molar refractivity (Wildman–Crippen MR) is 200 cm³/mol. The van der Waals surface area contributed by atoms with Gasteiger partial charge in [-0.25, -0.2) is 14.8 Å². The third-order valence-electron chi connectivity index (χ3n) is 9.88. The highest BCUT2D eigenvalue weighted by molar-refractivity contribution is 6.04. The predicted octanol–water partition coefficient (Wildman–Crippen LogP) is 6.52. The largest absolute Gasteiger partial charge is 0.573 e. The second-order valence-electron chi connectivity index (χ2n) is 14.2. The van der Waals surface area contributed by atoms with Gasteiger partial charge in [-0.2, -0.15) is 0 Å². The molecule has 6 rings (SSSR count). The van der Waals surface area contributed by atoms with Crippen LogP contribution in [0.15, 0.2) is 67.0 Å². The van der Waals surface area contributed by atoms with Crippen molar-refractivity contribution in [1.82, 2.24) is 30.5 Å². The maximum Gasteiger partial charge on any atom is 0.573 e. The molecule has 0 spiro atoms. The number of carbonyl (C=O) groups is 3. The topological polar surface area (TPSA) is 154 Å². The number of halogens is 3. The SMILES string of the molecule is COC(=O)NC(C(=O)N1CCC[C@H]1c1ncc(-c2ccc(-c3ccc(NC(=O)c4ccc(N5CC(C)NC[C@@H]5C)nc4)cc3OC(F)(F)F)cc2)[nH]1)C(C)C. The summed E-state index contributed by atoms with van der Waals surface area (Å²) < 4.78 is 49.9. The van der Waals surface area contributed by atoms with Gasteiger partial charge in [0, 0.05) is 55.2 Å². The van der Waals surface area contributed by atoms with Crippen LogP contribution in [0, 0.1) is 5.92 Å². The number of piperazine rings is 1. The molecule has 4 N–H and O–H groups in total. The molecule has 0 aliphatic carbocycles. The number of rotatable bonds is 10. The van der Waals surface area contributed by atoms with E-state index in [9.17, 15) is 27.6 Å². The van der Waals surface area contributed by atoms with Crippen LogP contribution in [0.25, 0.3) is 22.4 Å². The van der Waals surface area contributed by atoms with Crippen molar-refractivity contribution in [3.05, 3.63) is 78.4 Å². The number of pyridine rings is 1. The van der Waals surface area contributed by atoms with Crippen molar-refractivity contribution in [2.24, 2.45) is 5.92 Å². The number of aromatic amines is 1. The fourth-order valence-electron chi connectivity index (χ4n) is 6.96. The standard InChI is InChI=1S/C39H45F3N8O5/c1-22(2)34(48-38(53)54-5)37(52)49-16-6-7-31(49)35-45-20-30(47-35)26-10-8-25(9-11-26)29-14-13-28(17-32(29)55-39(40,41)42)46-36(51)27-12-15-33(44-19-27)50-21-23(3)43-18-24(50)4/h8-15,17,19-20,22-24,31,34,43H,6-7,16,18,21H2,1-5H3,(H,45,47)(H,46,51)(H,48,53)/t23?,24-,31-,34?/m0/s1. The number of nitrogens with zero attached hydrogens (tertiary/aromatic N) is 4. The first-order chi connectivity index (χ1) is 26.2. The van der Waals surface area contributed by atoms with Crippen LogP contribution in [0.3, 0.4) is 0 Å². The molecule has 2 fully saturated rings. The number of nitrogens with one attached hydrogen (secondary N) is 4. The van der Waals surface area contributed by atoms with Crippen molar-refractivity contribution >= 4 is 29.4 Å². The summed E-state index contributed by atoms with van der Waals surface area (Å²) in [4.78, 5) is 54.7. The summed E-state index contributed by atoms with van der Waals surface area (Å²) in [6.07, 6.45) is -1.14. The van der Waals surface area contributed by atoms with Crippen LogP contribution >= 0.6 is 0 Å². The number of alkyl carbamates (subject to hydrolysis) is 1. The Balaban J connectivity index is 1.16. The van der Waals surface area contributed by atoms with E-state index < -0.39 is 30.2 Å². The van der Waals surface area contributed by atoms with Crippen molar-refractivity contribution in [3.8, 4) is 28.1 Å². The first-order valence-electron chi connectivity index (χ1n) is 18.2. The molecule has 4 aromatic rings. The number of hydrogen-bond donors (Lipinski definition) is 4. The first-order valence-corrected chi connectivity index (χ1v) is 18.2. The van der Waals surface area contributed by atoms with Crippen LogP contribution in [-0.4, -0.2) is 89.0 Å². The van der Waals surface area contributed by atoms with Crippen LogP contribution in [0.2, 0.25) is 0 Å². The van der Waals surface area contributed by atoms with E-state index in [-0.39, 0.29) is 46.8 Å². The number of alkyl halides is 3. The summed E-state index contributed by atoms with van der Waals surface area (Å²) in [5.41, 5.74) is 2.34. The average Bonchev–Trinajstić information content (AvgIpc) is 3.85. The van der Waals surface area contributed by atoms with Gasteiger partial charge in [-0.1, -0.05) is 38.1 Å². The Morgan fingerprint density at radius 3 is 2.40 bits per heavy atom. The van der Waals surface area contributed by atoms with Gasteiger partial charge in [-0.3, -0.25) is 9.59 Å². The molecule has 2 aliphatic rings. The highest BCUT2D eigenvalue weighted by Gasteiger charge is 2.38. The molecule has 2 aromatic heterocycles. The molecule has 0 bridgehead atoms. The number of carbonyl (C=O) groups excluding carboxylic acids is 3. The number of benzene rings is 2. The average molecular weight is 763 g/mol. The normalized spacial score (nSPS) is 19.3. The lowest BCUT2D eigenvalue weighted by Crippen LogP contribution is -2.54. The molecule has 2 aliphatic heterocycles. The van der Waals surface area contributed by atoms with Gasteiger partial charge < -0.3 is 40.2 Å². The zero-order valence-electron chi connectivity index (χ0n) is 31.2. The zero-order valence-corrected chi connectivity index (χ0v) is 31.2. The van der Waals surface area contributed by atoms with E-state index in [2.05, 4.69) is 54.4 Å². The molecular weight excluding hydrogens is 717 g/mol. The lowest BCUT2D eigenvalue weighted by molar-refractivity contribution is -0.274. The number of aromatic nitrogens is 3. The molecule has 2 aromatic carbocycles. The quantitative estimate of drug-likeness (QED) is 0.141. The minimum absolute atomic E-state index is 0.114. The lowest BCUT2D eigenvalue weighted by atomic mass is 10.0. The number of anilines is 2. The van der Waals surface area contributed by atoms with Gasteiger partial charge in [-0.15, -0.1) is 13.2 Å². The summed E-state index contributed by atoms with van der Waals surface area (Å²) in [6, 6.07) is 13.7. The molecule has 2 unspecified atom stereocenters. The maximum atomic E-state index is 13.6. The Morgan fingerprint density at radius 2 is 1.73 bits per heavy atom. The Labute approximate surface area is 317 Å². The second kappa shape index (κ2) is 16.4. The van der Waals surface area contributed by atoms with Crippen molar-refractivity contribution < 1.29 is 37.0 Å². The summed E-state index contributed by atoms with van der Waals surface area (Å²) in [6.45, 7) is 9.94. The van der Waals surface area contributed by atoms with E-state index in [1.165, 1.54) is 25.4 Å². The molecule has 0 radical (unpaired) electrons. The van der Waals surface area contributed by atoms with Crippen molar-refractivity contribution in [1.29, 1.82) is 0 Å². The number of likely N-dealkylation sites (tertiary alicyclic amines) is 1. The molecule has 4 heterocycles. The van der Waals surface area contributed by atoms with Crippen LogP contribution in [0.5, 0.6) is 5.75 Å². The number of H-pyrrole nitrogens is 1. The van der Waals surface area contributed by atoms with Gasteiger partial charge in [0.1, 0.15) is 23.4 Å². The summed E-state index contributed by atoms with van der Waals surface area (Å²) in [5, 5.41) is 8.71. The second-order valence-corrected chi connectivity index (χ2v) is 14.2. The van der Waals surface area contributed by atoms with Crippen LogP contribution in [0.4, 0.5) is 29.5 Å². The van der Waals surface area contributed by atoms with Crippen molar-refractivity contribution in [3.63, 3.8) is 0 Å². The van der Waals surface area contributed by atoms with Crippen molar-refractivity contribution in [2.75, 3.05) is 37.0 Å². The fraction of sp³-hybridized carbons (Fsp3) is 0.410. The monoisotopic (exact) mass is 762 g/mol. The van der Waals surface area contributed by atoms with Gasteiger partial charge in [0.05, 0.1) is 30.6 Å². The summed E-state index contributed by atoms with van der Waals surface area (Å²) in [7, 11) is 1.24. The van der Waals surface area contributed by atoms with Gasteiger partial charge in [0.15, 0.2) is 0 Å². The number of amides is 3. The van der Waals surface area contributed by atoms with Gasteiger partial charge >= 0.3 is 12.5 Å². The van der Waals surface area contributed by atoms with E-state index in [4.69, 9.17) is 4.74 Å². The van der Waals surface area contributed by atoms with Crippen LogP contribution < -0.4 is 25.6 Å². The molecule has 4 atom stereocenters. The third-order valence-corrected chi connectivity index (χ3v) is 9.88. The van der Waals surface area contributed by atoms with Crippen molar-refractivity contribution in [2.45, 2.75) is 71.1 Å². The fourth-order valence-corrected chi connectivity index (χ4v) is 6.96. The molecule has 3 amide bonds. The summed E-state index contributed by atoms with van der Waals surface area (Å²) in [5.74, 6) is -0.0946. The van der Waals surface area contributed by atoms with Gasteiger partial charge in [0.25, 0.3) is 5.91 Å². The van der Waals surface area contributed by atoms with Crippen LogP contribution in [0.1, 0.15) is 62.8 Å². The molecular formula is C39H45F3N8O5. The zero-order chi connectivity index (χ0) is 39.4. The number of hydrogen-bond acceptors (Lipinski definition) is 9. The van der Waals surface area contributed by atoms with Gasteiger partial charge in [0.2, 0.25) is 5.91 Å². The molecule has 16 heteroatoms. The highest BCUT2D eigenvalue weighted by Crippen LogP contribution is 2.38. The Morgan fingerprint density at radius 1 is 0.982 bits per heavy atom. The number of ether oxygens (including phenoxy) is 2. The van der Waals surface area contributed by atoms with E-state index in [1.807, 2.05) is 13.8 Å². The van der Waals surface area contributed by atoms with E-state index in [0.717, 1.165) is 31.4 Å². The minimum Gasteiger partial charge on any atom is -0.453 e. The highest BCUT2D eigenvalue weighted by atomic mass is 19.4. The molecule has 0 saturated carbocycles.